The predicted molar refractivity (Wildman–Crippen MR) is 160 cm³/mol. The molecule has 0 unspecified atom stereocenters. The van der Waals surface area contributed by atoms with Gasteiger partial charge in [0.05, 0.1) is 33.5 Å². The van der Waals surface area contributed by atoms with E-state index in [1.807, 2.05) is 97.1 Å². The van der Waals surface area contributed by atoms with Crippen LogP contribution in [0.1, 0.15) is 16.7 Å². The van der Waals surface area contributed by atoms with Gasteiger partial charge in [-0.25, -0.2) is 0 Å². The maximum Gasteiger partial charge on any atom is 0.229 e. The zero-order chi connectivity index (χ0) is 29.9. The molecule has 0 saturated carbocycles. The quantitative estimate of drug-likeness (QED) is 0.228. The first-order chi connectivity index (χ1) is 21.1. The number of para-hydroxylation sites is 2. The van der Waals surface area contributed by atoms with Gasteiger partial charge in [0.2, 0.25) is 6.29 Å². The minimum atomic E-state index is -1.48. The van der Waals surface area contributed by atoms with Gasteiger partial charge in [-0.2, -0.15) is 0 Å². The van der Waals surface area contributed by atoms with Gasteiger partial charge in [-0.1, -0.05) is 103 Å². The Morgan fingerprint density at radius 2 is 1.07 bits per heavy atom. The van der Waals surface area contributed by atoms with Crippen molar-refractivity contribution in [3.63, 3.8) is 0 Å². The number of aliphatic hydroxyl groups excluding tert-OH is 2. The van der Waals surface area contributed by atoms with Crippen LogP contribution >= 0.6 is 0 Å². The minimum Gasteiger partial charge on any atom is -0.493 e. The van der Waals surface area contributed by atoms with Gasteiger partial charge >= 0.3 is 0 Å². The number of ether oxygens (including phenoxy) is 6. The van der Waals surface area contributed by atoms with Gasteiger partial charge in [-0.15, -0.1) is 0 Å². The van der Waals surface area contributed by atoms with Gasteiger partial charge in [0, 0.05) is 0 Å². The molecule has 2 N–H and O–H groups in total. The fraction of sp³-hybridized carbons (Fsp3) is 0.314. The normalized spacial score (nSPS) is 23.8. The van der Waals surface area contributed by atoms with E-state index >= 15 is 0 Å². The van der Waals surface area contributed by atoms with Crippen molar-refractivity contribution in [2.24, 2.45) is 0 Å². The van der Waals surface area contributed by atoms with Gasteiger partial charge < -0.3 is 38.6 Å². The standard InChI is InChI=1S/C35H38O8/c1-38-28-19-11-12-20-29(28)42-35-32(37)31(36)34(41-23-27-17-9-4-10-18-27)33(40-22-26-15-7-3-8-16-26)30(43-35)24-39-21-25-13-5-2-6-14-25/h2-20,30-37H,21-24H2,1H3/t30-,31-,32+,33-,34-,35-/m1/s1. The zero-order valence-electron chi connectivity index (χ0n) is 24.1. The summed E-state index contributed by atoms with van der Waals surface area (Å²) in [6.45, 7) is 0.849. The van der Waals surface area contributed by atoms with E-state index < -0.39 is 36.8 Å². The topological polar surface area (TPSA) is 95.8 Å². The van der Waals surface area contributed by atoms with Crippen molar-refractivity contribution in [3.05, 3.63) is 132 Å². The second-order valence-electron chi connectivity index (χ2n) is 10.3. The first-order valence-electron chi connectivity index (χ1n) is 14.4. The van der Waals surface area contributed by atoms with Crippen molar-refractivity contribution in [2.75, 3.05) is 13.7 Å². The van der Waals surface area contributed by atoms with E-state index in [-0.39, 0.29) is 19.8 Å². The first kappa shape index (κ1) is 30.7. The molecule has 6 atom stereocenters. The summed E-state index contributed by atoms with van der Waals surface area (Å²) in [5, 5.41) is 23.0. The smallest absolute Gasteiger partial charge is 0.229 e. The molecule has 43 heavy (non-hydrogen) atoms. The number of aliphatic hydroxyl groups is 2. The molecular weight excluding hydrogens is 548 g/mol. The van der Waals surface area contributed by atoms with Crippen molar-refractivity contribution in [1.29, 1.82) is 0 Å². The first-order valence-corrected chi connectivity index (χ1v) is 14.4. The molecule has 4 aromatic rings. The molecule has 8 heteroatoms. The summed E-state index contributed by atoms with van der Waals surface area (Å²) in [7, 11) is 1.53. The number of hydrogen-bond acceptors (Lipinski definition) is 8. The summed E-state index contributed by atoms with van der Waals surface area (Å²) in [4.78, 5) is 0. The lowest BCUT2D eigenvalue weighted by molar-refractivity contribution is -0.206. The average Bonchev–Trinajstić information content (AvgIpc) is 3.14. The Kier molecular flexibility index (Phi) is 11.2. The number of benzene rings is 4. The Hall–Kier alpha value is -3.76. The second-order valence-corrected chi connectivity index (χ2v) is 10.3. The SMILES string of the molecule is COc1ccccc1O[C@@H]1O[C@H](COCc2ccccc2)[C@@H](OCc2ccccc2)[C@H](OCc2ccccc2)[C@H](O)[C@@H]1O. The predicted octanol–water partition coefficient (Wildman–Crippen LogP) is 4.91. The van der Waals surface area contributed by atoms with Gasteiger partial charge in [0.1, 0.15) is 30.5 Å². The van der Waals surface area contributed by atoms with Crippen LogP contribution in [0.2, 0.25) is 0 Å². The average molecular weight is 587 g/mol. The Labute approximate surface area is 252 Å². The molecular formula is C35H38O8. The summed E-state index contributed by atoms with van der Waals surface area (Å²) in [6.07, 6.45) is -6.74. The van der Waals surface area contributed by atoms with Gasteiger partial charge in [-0.3, -0.25) is 0 Å². The van der Waals surface area contributed by atoms with Crippen LogP contribution in [0.3, 0.4) is 0 Å². The van der Waals surface area contributed by atoms with Crippen LogP contribution in [0.15, 0.2) is 115 Å². The second kappa shape index (κ2) is 15.6. The molecule has 1 aliphatic heterocycles. The van der Waals surface area contributed by atoms with E-state index in [0.29, 0.717) is 18.1 Å². The van der Waals surface area contributed by atoms with E-state index in [4.69, 9.17) is 28.4 Å². The van der Waals surface area contributed by atoms with Crippen molar-refractivity contribution in [1.82, 2.24) is 0 Å². The molecule has 0 bridgehead atoms. The van der Waals surface area contributed by atoms with Crippen LogP contribution < -0.4 is 9.47 Å². The Morgan fingerprint density at radius 1 is 0.581 bits per heavy atom. The number of hydrogen-bond donors (Lipinski definition) is 2. The largest absolute Gasteiger partial charge is 0.493 e. The summed E-state index contributed by atoms with van der Waals surface area (Å²) < 4.78 is 36.9. The molecule has 1 saturated heterocycles. The molecule has 8 nitrogen and oxygen atoms in total. The van der Waals surface area contributed by atoms with Crippen molar-refractivity contribution in [2.45, 2.75) is 56.6 Å². The van der Waals surface area contributed by atoms with E-state index in [9.17, 15) is 10.2 Å². The lowest BCUT2D eigenvalue weighted by Gasteiger charge is -2.33. The third kappa shape index (κ3) is 8.42. The zero-order valence-corrected chi connectivity index (χ0v) is 24.1. The molecule has 1 fully saturated rings. The number of rotatable bonds is 13. The summed E-state index contributed by atoms with van der Waals surface area (Å²) in [6, 6.07) is 36.2. The molecule has 1 aliphatic rings. The van der Waals surface area contributed by atoms with Crippen LogP contribution in [-0.2, 0) is 38.8 Å². The molecule has 0 aliphatic carbocycles. The van der Waals surface area contributed by atoms with E-state index in [2.05, 4.69) is 0 Å². The summed E-state index contributed by atoms with van der Waals surface area (Å²) in [5.74, 6) is 0.818. The van der Waals surface area contributed by atoms with Crippen LogP contribution in [0.4, 0.5) is 0 Å². The van der Waals surface area contributed by atoms with Crippen LogP contribution in [0.25, 0.3) is 0 Å². The van der Waals surface area contributed by atoms with Crippen molar-refractivity contribution >= 4 is 0 Å². The lowest BCUT2D eigenvalue weighted by atomic mass is 10.00. The highest BCUT2D eigenvalue weighted by molar-refractivity contribution is 5.39. The summed E-state index contributed by atoms with van der Waals surface area (Å²) in [5.41, 5.74) is 2.85. The molecule has 4 aromatic carbocycles. The third-order valence-electron chi connectivity index (χ3n) is 7.24. The molecule has 5 rings (SSSR count). The molecule has 0 amide bonds. The van der Waals surface area contributed by atoms with E-state index in [1.54, 1.807) is 18.2 Å². The minimum absolute atomic E-state index is 0.0881. The molecule has 0 spiro atoms. The molecule has 0 aromatic heterocycles. The molecule has 0 radical (unpaired) electrons. The van der Waals surface area contributed by atoms with Crippen LogP contribution in [-0.4, -0.2) is 60.7 Å². The lowest BCUT2D eigenvalue weighted by Crippen LogP contribution is -2.50. The highest BCUT2D eigenvalue weighted by Gasteiger charge is 2.48. The fourth-order valence-corrected chi connectivity index (χ4v) is 4.96. The van der Waals surface area contributed by atoms with Gasteiger partial charge in [-0.05, 0) is 28.8 Å². The highest BCUT2D eigenvalue weighted by atomic mass is 16.7. The van der Waals surface area contributed by atoms with E-state index in [0.717, 1.165) is 16.7 Å². The highest BCUT2D eigenvalue weighted by Crippen LogP contribution is 2.32. The Balaban J connectivity index is 1.44. The monoisotopic (exact) mass is 586 g/mol. The van der Waals surface area contributed by atoms with Crippen LogP contribution in [0, 0.1) is 0 Å². The summed E-state index contributed by atoms with van der Waals surface area (Å²) >= 11 is 0. The van der Waals surface area contributed by atoms with E-state index in [1.165, 1.54) is 7.11 Å². The fourth-order valence-electron chi connectivity index (χ4n) is 4.96. The van der Waals surface area contributed by atoms with Crippen LogP contribution in [0.5, 0.6) is 11.5 Å². The third-order valence-corrected chi connectivity index (χ3v) is 7.24. The van der Waals surface area contributed by atoms with Gasteiger partial charge in [0.25, 0.3) is 0 Å². The van der Waals surface area contributed by atoms with Crippen molar-refractivity contribution in [3.8, 4) is 11.5 Å². The van der Waals surface area contributed by atoms with Crippen molar-refractivity contribution < 1.29 is 38.6 Å². The number of methoxy groups -OCH3 is 1. The van der Waals surface area contributed by atoms with Gasteiger partial charge in [0.15, 0.2) is 11.5 Å². The maximum absolute atomic E-state index is 11.6. The Morgan fingerprint density at radius 3 is 1.63 bits per heavy atom. The Bertz CT molecular complexity index is 1350. The molecule has 1 heterocycles. The maximum atomic E-state index is 11.6. The molecule has 226 valence electrons.